The Morgan fingerprint density at radius 3 is 2.25 bits per heavy atom. The lowest BCUT2D eigenvalue weighted by Gasteiger charge is -2.31. The van der Waals surface area contributed by atoms with Gasteiger partial charge in [-0.1, -0.05) is 73.0 Å². The number of nitrogens with one attached hydrogen (secondary N) is 1. The van der Waals surface area contributed by atoms with Gasteiger partial charge in [0.15, 0.2) is 9.84 Å². The molecule has 0 radical (unpaired) electrons. The van der Waals surface area contributed by atoms with Gasteiger partial charge in [0.2, 0.25) is 9.84 Å². The van der Waals surface area contributed by atoms with Crippen molar-refractivity contribution in [3.8, 4) is 0 Å². The van der Waals surface area contributed by atoms with Gasteiger partial charge in [-0.05, 0) is 56.0 Å². The van der Waals surface area contributed by atoms with E-state index in [0.29, 0.717) is 6.42 Å². The first-order valence-corrected chi connectivity index (χ1v) is 19.0. The van der Waals surface area contributed by atoms with Gasteiger partial charge >= 0.3 is 11.9 Å². The lowest BCUT2D eigenvalue weighted by molar-refractivity contribution is -0.150. The van der Waals surface area contributed by atoms with E-state index in [4.69, 9.17) is 21.1 Å². The Bertz CT molecular complexity index is 1970. The van der Waals surface area contributed by atoms with Crippen LogP contribution >= 0.6 is 11.6 Å². The zero-order valence-electron chi connectivity index (χ0n) is 26.2. The lowest BCUT2D eigenvalue weighted by Crippen LogP contribution is -2.34. The van der Waals surface area contributed by atoms with E-state index < -0.39 is 63.8 Å². The van der Waals surface area contributed by atoms with Crippen molar-refractivity contribution >= 4 is 43.2 Å². The molecular weight excluding hydrogens is 681 g/mol. The van der Waals surface area contributed by atoms with Gasteiger partial charge in [-0.3, -0.25) is 4.79 Å². The highest BCUT2D eigenvalue weighted by Gasteiger charge is 2.47. The molecule has 0 saturated heterocycles. The summed E-state index contributed by atoms with van der Waals surface area (Å²) in [5, 5.41) is 2.61. The first-order chi connectivity index (χ1) is 22.9. The molecule has 2 heterocycles. The van der Waals surface area contributed by atoms with Crippen LogP contribution in [-0.2, 0) is 45.2 Å². The number of benzene rings is 3. The summed E-state index contributed by atoms with van der Waals surface area (Å²) in [6.45, 7) is 0.826. The molecule has 1 N–H and O–H groups in total. The maximum absolute atomic E-state index is 15.5. The Morgan fingerprint density at radius 1 is 0.854 bits per heavy atom. The number of carbonyl (C=O) groups excluding carboxylic acids is 2. The van der Waals surface area contributed by atoms with E-state index in [-0.39, 0.29) is 47.2 Å². The highest BCUT2D eigenvalue weighted by molar-refractivity contribution is 7.97. The van der Waals surface area contributed by atoms with Crippen LogP contribution in [0.2, 0.25) is 5.02 Å². The smallest absolute Gasteiger partial charge is 0.336 e. The number of esters is 2. The minimum Gasteiger partial charge on any atom is -0.462 e. The van der Waals surface area contributed by atoms with Gasteiger partial charge in [0.05, 0.1) is 31.9 Å². The van der Waals surface area contributed by atoms with Crippen molar-refractivity contribution in [2.45, 2.75) is 61.2 Å². The highest BCUT2D eigenvalue weighted by atomic mass is 35.5. The molecule has 13 heteroatoms. The molecule has 1 unspecified atom stereocenters. The number of ether oxygens (including phenoxy) is 2. The van der Waals surface area contributed by atoms with Crippen molar-refractivity contribution in [3.05, 3.63) is 117 Å². The first kappa shape index (κ1) is 35.3. The summed E-state index contributed by atoms with van der Waals surface area (Å²) in [5.74, 6) is -4.74. The summed E-state index contributed by atoms with van der Waals surface area (Å²) >= 11 is 6.43. The number of allylic oxidation sites excluding steroid dienone is 2. The second-order valence-electron chi connectivity index (χ2n) is 11.5. The monoisotopic (exact) mass is 715 g/mol. The minimum absolute atomic E-state index is 0.0590. The Morgan fingerprint density at radius 2 is 1.52 bits per heavy atom. The maximum Gasteiger partial charge on any atom is 0.336 e. The average molecular weight is 716 g/mol. The molecule has 0 saturated carbocycles. The number of rotatable bonds is 12. The van der Waals surface area contributed by atoms with Gasteiger partial charge < -0.3 is 14.8 Å². The predicted octanol–water partition coefficient (Wildman–Crippen LogP) is 6.19. The van der Waals surface area contributed by atoms with Crippen molar-refractivity contribution in [2.24, 2.45) is 0 Å². The largest absolute Gasteiger partial charge is 0.462 e. The third-order valence-electron chi connectivity index (χ3n) is 8.22. The van der Waals surface area contributed by atoms with E-state index in [0.717, 1.165) is 37.8 Å². The quantitative estimate of drug-likeness (QED) is 0.172. The molecule has 2 aliphatic heterocycles. The Hall–Kier alpha value is -4.00. The Kier molecular flexibility index (Phi) is 11.1. The number of hydrogen-bond acceptors (Lipinski definition) is 9. The normalized spacial score (nSPS) is 17.9. The molecule has 254 valence electrons. The van der Waals surface area contributed by atoms with Crippen LogP contribution in [0.15, 0.2) is 104 Å². The van der Waals surface area contributed by atoms with Crippen molar-refractivity contribution in [1.29, 1.82) is 0 Å². The van der Waals surface area contributed by atoms with E-state index in [9.17, 15) is 26.4 Å². The summed E-state index contributed by atoms with van der Waals surface area (Å²) in [5.41, 5.74) is 0.510. The zero-order valence-corrected chi connectivity index (χ0v) is 28.6. The lowest BCUT2D eigenvalue weighted by atomic mass is 9.86. The number of halogens is 2. The molecule has 5 rings (SSSR count). The molecule has 48 heavy (non-hydrogen) atoms. The highest BCUT2D eigenvalue weighted by Crippen LogP contribution is 2.48. The molecule has 3 aromatic rings. The minimum atomic E-state index is -4.64. The van der Waals surface area contributed by atoms with Crippen molar-refractivity contribution in [2.75, 3.05) is 19.0 Å². The number of dihydropyridines is 1. The van der Waals surface area contributed by atoms with Gasteiger partial charge in [-0.25, -0.2) is 26.0 Å². The average Bonchev–Trinajstić information content (AvgIpc) is 3.10. The molecule has 3 aromatic carbocycles. The number of sulfone groups is 2. The zero-order chi connectivity index (χ0) is 34.5. The van der Waals surface area contributed by atoms with Crippen LogP contribution in [0.4, 0.5) is 4.39 Å². The van der Waals surface area contributed by atoms with Gasteiger partial charge in [0.1, 0.15) is 19.0 Å². The molecule has 2 aliphatic rings. The second-order valence-corrected chi connectivity index (χ2v) is 15.8. The number of fused-ring (bicyclic) bond motifs is 1. The first-order valence-electron chi connectivity index (χ1n) is 15.5. The van der Waals surface area contributed by atoms with Gasteiger partial charge in [0, 0.05) is 28.4 Å². The van der Waals surface area contributed by atoms with Crippen LogP contribution in [0.25, 0.3) is 0 Å². The maximum atomic E-state index is 15.5. The number of hydrogen-bond donors (Lipinski definition) is 1. The van der Waals surface area contributed by atoms with E-state index in [2.05, 4.69) is 17.4 Å². The summed E-state index contributed by atoms with van der Waals surface area (Å²) < 4.78 is 81.3. The number of carbonyl (C=O) groups is 2. The fourth-order valence-corrected chi connectivity index (χ4v) is 10.3. The van der Waals surface area contributed by atoms with Crippen molar-refractivity contribution in [3.63, 3.8) is 0 Å². The fourth-order valence-electron chi connectivity index (χ4n) is 5.99. The molecule has 9 nitrogen and oxygen atoms in total. The SMILES string of the molecule is CC1=C(C(=O)OCCOC(=O)CCCCCCc2ccccc2)C(c2c(F)cccc2Cl)C2=C(CS(=O)(=O)c3ccccc3S2(=O)=O)N1. The molecule has 0 spiro atoms. The fraction of sp³-hybridized carbons (Fsp3) is 0.314. The van der Waals surface area contributed by atoms with Gasteiger partial charge in [-0.15, -0.1) is 0 Å². The second kappa shape index (κ2) is 15.0. The van der Waals surface area contributed by atoms with E-state index >= 15 is 4.39 Å². The van der Waals surface area contributed by atoms with E-state index in [1.165, 1.54) is 42.8 Å². The summed E-state index contributed by atoms with van der Waals surface area (Å²) in [7, 11) is -8.80. The van der Waals surface area contributed by atoms with Gasteiger partial charge in [0.25, 0.3) is 0 Å². The predicted molar refractivity (Wildman–Crippen MR) is 178 cm³/mol. The molecular formula is C35H35ClFNO8S2. The Labute approximate surface area is 284 Å². The summed E-state index contributed by atoms with van der Waals surface area (Å²) in [4.78, 5) is 24.5. The van der Waals surface area contributed by atoms with Crippen molar-refractivity contribution < 1.29 is 40.3 Å². The molecule has 0 amide bonds. The Balaban J connectivity index is 1.28. The van der Waals surface area contributed by atoms with Crippen LogP contribution in [0.1, 0.15) is 56.1 Å². The van der Waals surface area contributed by atoms with Crippen LogP contribution in [-0.4, -0.2) is 47.7 Å². The summed E-state index contributed by atoms with van der Waals surface area (Å²) in [6, 6.07) is 19.0. The van der Waals surface area contributed by atoms with Crippen LogP contribution < -0.4 is 5.32 Å². The number of unbranched alkanes of at least 4 members (excludes halogenated alkanes) is 3. The third-order valence-corrected chi connectivity index (χ3v) is 12.4. The topological polar surface area (TPSA) is 133 Å². The molecule has 1 atom stereocenters. The van der Waals surface area contributed by atoms with Crippen LogP contribution in [0.3, 0.4) is 0 Å². The van der Waals surface area contributed by atoms with Crippen LogP contribution in [0.5, 0.6) is 0 Å². The van der Waals surface area contributed by atoms with Crippen molar-refractivity contribution in [1.82, 2.24) is 5.32 Å². The third kappa shape index (κ3) is 7.66. The molecule has 0 bridgehead atoms. The number of aryl methyl sites for hydroxylation is 1. The summed E-state index contributed by atoms with van der Waals surface area (Å²) in [6.07, 6.45) is 4.69. The molecule has 0 fully saturated rings. The standard InChI is InChI=1S/C35H35ClFNO8S2/c1-23-31(35(40)46-21-20-45-30(39)19-8-3-2-5-12-24-13-6-4-7-14-24)33(32-25(36)15-11-16-26(32)37)34-27(38-23)22-47(41,42)28-17-9-10-18-29(28)48(34,43)44/h4,6-7,9-11,13-18,33,38H,2-3,5,8,12,19-22H2,1H3. The van der Waals surface area contributed by atoms with E-state index in [1.807, 2.05) is 18.2 Å². The molecule has 0 aliphatic carbocycles. The molecule has 0 aromatic heterocycles. The van der Waals surface area contributed by atoms with Crippen LogP contribution in [0, 0.1) is 5.82 Å². The van der Waals surface area contributed by atoms with Gasteiger partial charge in [-0.2, -0.15) is 0 Å². The van der Waals surface area contributed by atoms with E-state index in [1.54, 1.807) is 0 Å².